The van der Waals surface area contributed by atoms with Gasteiger partial charge in [-0.25, -0.2) is 0 Å². The molecule has 0 bridgehead atoms. The number of pyridine rings is 1. The zero-order valence-electron chi connectivity index (χ0n) is 18.3. The summed E-state index contributed by atoms with van der Waals surface area (Å²) in [5.74, 6) is 0. The van der Waals surface area contributed by atoms with Crippen molar-refractivity contribution in [3.8, 4) is 5.69 Å². The Kier molecular flexibility index (Phi) is 6.46. The number of rotatable bonds is 6. The average Bonchev–Trinajstić information content (AvgIpc) is 3.23. The van der Waals surface area contributed by atoms with Crippen LogP contribution in [0, 0.1) is 13.8 Å². The number of likely N-dealkylation sites (N-methyl/N-ethyl adjacent to an activating group) is 1. The predicted molar refractivity (Wildman–Crippen MR) is 134 cm³/mol. The Hall–Kier alpha value is -2.22. The molecule has 7 heteroatoms. The molecule has 0 spiro atoms. The molecule has 162 valence electrons. The molecule has 3 aromatic rings. The molecule has 0 saturated carbocycles. The molecular weight excluding hydrogens is 470 g/mol. The fourth-order valence-electron chi connectivity index (χ4n) is 4.37. The highest BCUT2D eigenvalue weighted by Gasteiger charge is 2.41. The minimum absolute atomic E-state index is 0.00901. The molecule has 2 atom stereocenters. The highest BCUT2D eigenvalue weighted by atomic mass is 79.9. The van der Waals surface area contributed by atoms with Crippen molar-refractivity contribution >= 4 is 33.3 Å². The summed E-state index contributed by atoms with van der Waals surface area (Å²) in [6.07, 6.45) is 1.85. The number of benzene rings is 1. The largest absolute Gasteiger partial charge is 0.352 e. The lowest BCUT2D eigenvalue weighted by molar-refractivity contribution is 0.277. The van der Waals surface area contributed by atoms with Gasteiger partial charge in [-0.05, 0) is 88.2 Å². The molecule has 3 heterocycles. The second-order valence-corrected chi connectivity index (χ2v) is 9.56. The molecule has 0 amide bonds. The smallest absolute Gasteiger partial charge is 0.170 e. The summed E-state index contributed by atoms with van der Waals surface area (Å²) in [4.78, 5) is 9.17. The first-order chi connectivity index (χ1) is 14.9. The quantitative estimate of drug-likeness (QED) is 0.495. The van der Waals surface area contributed by atoms with E-state index in [4.69, 9.17) is 12.2 Å². The van der Waals surface area contributed by atoms with Crippen molar-refractivity contribution < 1.29 is 0 Å². The Bertz CT molecular complexity index is 1060. The molecule has 1 aromatic carbocycles. The van der Waals surface area contributed by atoms with Crippen LogP contribution in [0.1, 0.15) is 34.7 Å². The monoisotopic (exact) mass is 497 g/mol. The van der Waals surface area contributed by atoms with E-state index in [1.54, 1.807) is 0 Å². The van der Waals surface area contributed by atoms with Gasteiger partial charge in [-0.3, -0.25) is 4.98 Å². The van der Waals surface area contributed by atoms with Gasteiger partial charge in [-0.15, -0.1) is 0 Å². The predicted octanol–water partition coefficient (Wildman–Crippen LogP) is 4.79. The topological polar surface area (TPSA) is 36.3 Å². The Labute approximate surface area is 198 Å². The van der Waals surface area contributed by atoms with Crippen molar-refractivity contribution in [2.75, 3.05) is 27.2 Å². The van der Waals surface area contributed by atoms with Crippen LogP contribution in [-0.4, -0.2) is 51.6 Å². The first kappa shape index (κ1) is 22.0. The van der Waals surface area contributed by atoms with E-state index in [1.165, 1.54) is 17.0 Å². The third-order valence-electron chi connectivity index (χ3n) is 5.86. The third-order valence-corrected chi connectivity index (χ3v) is 6.74. The molecule has 5 nitrogen and oxygen atoms in total. The maximum absolute atomic E-state index is 5.79. The van der Waals surface area contributed by atoms with E-state index in [2.05, 4.69) is 105 Å². The summed E-state index contributed by atoms with van der Waals surface area (Å²) in [5.41, 5.74) is 5.89. The Morgan fingerprint density at radius 3 is 2.52 bits per heavy atom. The number of halogens is 1. The van der Waals surface area contributed by atoms with E-state index < -0.39 is 0 Å². The fraction of sp³-hybridized carbons (Fsp3) is 0.333. The minimum atomic E-state index is 0.00901. The maximum atomic E-state index is 5.79. The second-order valence-electron chi connectivity index (χ2n) is 8.26. The SMILES string of the molecule is Cc1cc([C@H]2[C@H](c3ccccn3)NC(=S)N2CCN(C)C)c(C)n1-c1ccc(Br)cc1. The number of thiocarbonyl (C=S) groups is 1. The molecule has 1 fully saturated rings. The van der Waals surface area contributed by atoms with Gasteiger partial charge in [0.15, 0.2) is 5.11 Å². The van der Waals surface area contributed by atoms with Crippen molar-refractivity contribution in [1.29, 1.82) is 0 Å². The molecule has 2 aromatic heterocycles. The number of hydrogen-bond donors (Lipinski definition) is 1. The number of hydrogen-bond acceptors (Lipinski definition) is 3. The lowest BCUT2D eigenvalue weighted by Gasteiger charge is -2.29. The number of aromatic nitrogens is 2. The van der Waals surface area contributed by atoms with E-state index >= 15 is 0 Å². The van der Waals surface area contributed by atoms with Crippen LogP contribution in [0.15, 0.2) is 59.2 Å². The first-order valence-corrected chi connectivity index (χ1v) is 11.6. The summed E-state index contributed by atoms with van der Waals surface area (Å²) in [6.45, 7) is 6.15. The van der Waals surface area contributed by atoms with Crippen LogP contribution in [0.4, 0.5) is 0 Å². The van der Waals surface area contributed by atoms with Crippen LogP contribution in [0.25, 0.3) is 5.69 Å². The third kappa shape index (κ3) is 4.40. The van der Waals surface area contributed by atoms with Crippen LogP contribution in [0.3, 0.4) is 0 Å². The molecule has 0 aliphatic carbocycles. The molecule has 31 heavy (non-hydrogen) atoms. The first-order valence-electron chi connectivity index (χ1n) is 10.4. The van der Waals surface area contributed by atoms with E-state index in [0.29, 0.717) is 0 Å². The van der Waals surface area contributed by atoms with Crippen molar-refractivity contribution in [1.82, 2.24) is 24.7 Å². The highest BCUT2D eigenvalue weighted by Crippen LogP contribution is 2.41. The van der Waals surface area contributed by atoms with Crippen LogP contribution in [0.2, 0.25) is 0 Å². The zero-order valence-corrected chi connectivity index (χ0v) is 20.7. The minimum Gasteiger partial charge on any atom is -0.352 e. The number of nitrogens with zero attached hydrogens (tertiary/aromatic N) is 4. The molecule has 4 rings (SSSR count). The van der Waals surface area contributed by atoms with Gasteiger partial charge in [-0.1, -0.05) is 22.0 Å². The summed E-state index contributed by atoms with van der Waals surface area (Å²) >= 11 is 9.34. The van der Waals surface area contributed by atoms with Crippen molar-refractivity contribution in [2.45, 2.75) is 25.9 Å². The van der Waals surface area contributed by atoms with E-state index in [9.17, 15) is 0 Å². The van der Waals surface area contributed by atoms with E-state index in [-0.39, 0.29) is 12.1 Å². The van der Waals surface area contributed by atoms with Gasteiger partial charge < -0.3 is 19.7 Å². The summed E-state index contributed by atoms with van der Waals surface area (Å²) in [7, 11) is 4.19. The van der Waals surface area contributed by atoms with Gasteiger partial charge in [0.1, 0.15) is 0 Å². The molecule has 1 aliphatic rings. The van der Waals surface area contributed by atoms with Crippen LogP contribution >= 0.6 is 28.1 Å². The van der Waals surface area contributed by atoms with Gasteiger partial charge in [0.2, 0.25) is 0 Å². The Balaban J connectivity index is 1.80. The molecular formula is C24H28BrN5S. The molecule has 1 saturated heterocycles. The standard InChI is InChI=1S/C24H28BrN5S/c1-16-15-20(17(2)30(16)19-10-8-18(25)9-11-19)23-22(21-7-5-6-12-26-21)27-24(31)29(23)14-13-28(3)4/h5-12,15,22-23H,13-14H2,1-4H3,(H,27,31)/t22-,23-/m0/s1. The fourth-order valence-corrected chi connectivity index (χ4v) is 4.96. The molecule has 1 aliphatic heterocycles. The van der Waals surface area contributed by atoms with Crippen LogP contribution < -0.4 is 5.32 Å². The van der Waals surface area contributed by atoms with Crippen molar-refractivity contribution in [3.63, 3.8) is 0 Å². The van der Waals surface area contributed by atoms with E-state index in [1.807, 2.05) is 18.3 Å². The normalized spacial score (nSPS) is 18.6. The van der Waals surface area contributed by atoms with Crippen LogP contribution in [0.5, 0.6) is 0 Å². The highest BCUT2D eigenvalue weighted by molar-refractivity contribution is 9.10. The van der Waals surface area contributed by atoms with Crippen LogP contribution in [-0.2, 0) is 0 Å². The average molecular weight is 498 g/mol. The summed E-state index contributed by atoms with van der Waals surface area (Å²) < 4.78 is 3.40. The Morgan fingerprint density at radius 1 is 1.13 bits per heavy atom. The molecule has 1 N–H and O–H groups in total. The van der Waals surface area contributed by atoms with E-state index in [0.717, 1.165) is 34.1 Å². The lowest BCUT2D eigenvalue weighted by Crippen LogP contribution is -2.35. The number of nitrogens with one attached hydrogen (secondary N) is 1. The zero-order chi connectivity index (χ0) is 22.1. The lowest BCUT2D eigenvalue weighted by atomic mass is 9.97. The molecule has 0 unspecified atom stereocenters. The van der Waals surface area contributed by atoms with Gasteiger partial charge in [0.05, 0.1) is 17.8 Å². The van der Waals surface area contributed by atoms with Gasteiger partial charge in [-0.2, -0.15) is 0 Å². The summed E-state index contributed by atoms with van der Waals surface area (Å²) in [6, 6.07) is 16.9. The van der Waals surface area contributed by atoms with Crippen molar-refractivity contribution in [2.24, 2.45) is 0 Å². The van der Waals surface area contributed by atoms with Gasteiger partial charge in [0.25, 0.3) is 0 Å². The molecule has 0 radical (unpaired) electrons. The van der Waals surface area contributed by atoms with Crippen molar-refractivity contribution in [3.05, 3.63) is 81.8 Å². The second kappa shape index (κ2) is 9.10. The maximum Gasteiger partial charge on any atom is 0.170 e. The van der Waals surface area contributed by atoms with Gasteiger partial charge >= 0.3 is 0 Å². The van der Waals surface area contributed by atoms with Gasteiger partial charge in [0, 0.05) is 40.8 Å². The number of aryl methyl sites for hydroxylation is 1. The Morgan fingerprint density at radius 2 is 1.87 bits per heavy atom. The summed E-state index contributed by atoms with van der Waals surface area (Å²) in [5, 5.41) is 4.34.